The van der Waals surface area contributed by atoms with E-state index in [1.54, 1.807) is 13.8 Å². The van der Waals surface area contributed by atoms with E-state index < -0.39 is 17.4 Å². The van der Waals surface area contributed by atoms with E-state index in [0.717, 1.165) is 85.3 Å². The van der Waals surface area contributed by atoms with E-state index in [1.807, 2.05) is 79.7 Å². The Morgan fingerprint density at radius 2 is 0.899 bits per heavy atom. The molecule has 0 aliphatic carbocycles. The molecular weight excluding hydrogens is 1180 g/mol. The number of halogens is 1. The van der Waals surface area contributed by atoms with Gasteiger partial charge in [-0.15, -0.1) is 0 Å². The summed E-state index contributed by atoms with van der Waals surface area (Å²) < 4.78 is 0. The van der Waals surface area contributed by atoms with Crippen molar-refractivity contribution in [1.29, 1.82) is 0 Å². The molecule has 2 saturated heterocycles. The summed E-state index contributed by atoms with van der Waals surface area (Å²) in [5.74, 6) is -0.685. The number of likely N-dealkylation sites (N-methyl/N-ethyl adjacent to an activating group) is 2. The number of anilines is 2. The third-order valence-corrected chi connectivity index (χ3v) is 19.6. The minimum Gasteiger partial charge on any atom is -0.870 e. The Balaban J connectivity index is 0.000000510. The molecule has 0 amide bonds. The number of hydrogen-bond donors (Lipinski definition) is 1. The smallest absolute Gasteiger partial charge is 0.870 e. The van der Waals surface area contributed by atoms with Crippen molar-refractivity contribution in [3.05, 3.63) is 130 Å². The van der Waals surface area contributed by atoms with Crippen LogP contribution in [0.1, 0.15) is 283 Å². The topological polar surface area (TPSA) is 131 Å². The molecule has 2 N–H and O–H groups in total. The van der Waals surface area contributed by atoms with Crippen molar-refractivity contribution in [3.63, 3.8) is 0 Å². The van der Waals surface area contributed by atoms with E-state index >= 15 is 0 Å². The van der Waals surface area contributed by atoms with Gasteiger partial charge in [-0.3, -0.25) is 29.0 Å². The van der Waals surface area contributed by atoms with Crippen LogP contribution in [0.25, 0.3) is 0 Å². The van der Waals surface area contributed by atoms with E-state index in [4.69, 9.17) is 0 Å². The van der Waals surface area contributed by atoms with Gasteiger partial charge in [0.2, 0.25) is 0 Å². The van der Waals surface area contributed by atoms with Gasteiger partial charge < -0.3 is 20.4 Å². The van der Waals surface area contributed by atoms with Gasteiger partial charge in [-0.05, 0) is 182 Å². The first-order valence-corrected chi connectivity index (χ1v) is 35.9. The van der Waals surface area contributed by atoms with Gasteiger partial charge in [-0.1, -0.05) is 215 Å². The zero-order valence-corrected chi connectivity index (χ0v) is 61.2. The maximum Gasteiger partial charge on any atom is 1.00 e. The average molecular weight is 1300 g/mol. The number of carboxylic acids is 1. The molecule has 492 valence electrons. The molecule has 0 bridgehead atoms. The number of carbonyl (C=O) groups is 4. The average Bonchev–Trinajstić information content (AvgIpc) is 1.54. The number of unbranched alkanes of at least 4 members (excludes halogenated alkanes) is 18. The molecule has 4 aromatic rings. The summed E-state index contributed by atoms with van der Waals surface area (Å²) in [6, 6.07) is 32.7. The van der Waals surface area contributed by atoms with Gasteiger partial charge in [0.25, 0.3) is 0 Å². The van der Waals surface area contributed by atoms with Crippen LogP contribution in [0.3, 0.4) is 0 Å². The molecule has 89 heavy (non-hydrogen) atoms. The minimum atomic E-state index is -0.824. The molecule has 2 aliphatic heterocycles. The number of aliphatic carboxylic acids is 1. The SMILES string of the molecule is CC(=O)C(C)c1ccc(CBr)cc1.CCCCCCCCCCCCN(C)C(CC)(Cc1ccc(C(C)C(=O)O)cc1)C(=O)c1ccc(N2CCCCC2)cc1.CCCCCCCCCCCCN(C)C(CC)C(=O)c1ccc(N2CCCCC2)cc1.[Na+].[OH-]. The van der Waals surface area contributed by atoms with Gasteiger partial charge >= 0.3 is 35.5 Å². The summed E-state index contributed by atoms with van der Waals surface area (Å²) in [6.45, 7) is 20.5. The number of rotatable bonds is 39. The summed E-state index contributed by atoms with van der Waals surface area (Å²) >= 11 is 3.38. The van der Waals surface area contributed by atoms with Crippen molar-refractivity contribution < 1.29 is 59.3 Å². The van der Waals surface area contributed by atoms with Gasteiger partial charge in [0, 0.05) is 59.9 Å². The van der Waals surface area contributed by atoms with Crippen molar-refractivity contribution in [1.82, 2.24) is 9.80 Å². The van der Waals surface area contributed by atoms with E-state index in [9.17, 15) is 24.3 Å². The standard InChI is InChI=1S/C38H58N2O3.C28H48N2O.C11H13BrO.Na.H2O/c1-5-7-8-9-10-11-12-13-14-16-27-39(4)38(6-2,30-32-19-21-33(22-20-32)31(3)37(42)43)36(41)34-23-25-35(26-24-34)40-28-17-15-18-29-40;1-4-6-7-8-9-10-11-12-13-15-22-29(3)27(5-2)28(31)25-18-20-26(21-19-25)30-23-16-14-17-24-30;1-8(9(2)13)11-5-3-10(7-12)4-6-11;;/h19-26,31H,5-18,27-30H2,1-4H3,(H,42,43);18-21,27H,4-17,22-24H2,1-3H3;3-6,8H,7H2,1-2H3;;1H2/q;;;+1;/p-1. The van der Waals surface area contributed by atoms with Crippen molar-refractivity contribution in [3.8, 4) is 0 Å². The van der Waals surface area contributed by atoms with E-state index in [0.29, 0.717) is 12.8 Å². The molecule has 12 heteroatoms. The molecule has 0 saturated carbocycles. The van der Waals surface area contributed by atoms with Gasteiger partial charge in [-0.2, -0.15) is 0 Å². The molecule has 2 heterocycles. The Kier molecular flexibility index (Phi) is 43.2. The third-order valence-electron chi connectivity index (χ3n) is 19.0. The molecule has 2 fully saturated rings. The molecule has 2 aliphatic rings. The normalized spacial score (nSPS) is 14.8. The molecule has 6 rings (SSSR count). The number of carboxylic acid groups (broad SMARTS) is 1. The van der Waals surface area contributed by atoms with Crippen LogP contribution >= 0.6 is 15.9 Å². The fourth-order valence-electron chi connectivity index (χ4n) is 12.7. The molecule has 4 aromatic carbocycles. The molecule has 10 nitrogen and oxygen atoms in total. The molecule has 0 aromatic heterocycles. The molecule has 0 radical (unpaired) electrons. The first kappa shape index (κ1) is 81.4. The van der Waals surface area contributed by atoms with E-state index in [2.05, 4.69) is 102 Å². The number of benzene rings is 4. The number of ketones is 3. The number of hydrogen-bond acceptors (Lipinski definition) is 9. The second-order valence-electron chi connectivity index (χ2n) is 25.6. The number of nitrogens with zero attached hydrogens (tertiary/aromatic N) is 4. The summed E-state index contributed by atoms with van der Waals surface area (Å²) in [5.41, 5.74) is 7.63. The van der Waals surface area contributed by atoms with Gasteiger partial charge in [0.15, 0.2) is 11.6 Å². The van der Waals surface area contributed by atoms with Gasteiger partial charge in [0.05, 0.1) is 17.5 Å². The van der Waals surface area contributed by atoms with Crippen molar-refractivity contribution >= 4 is 50.6 Å². The van der Waals surface area contributed by atoms with Gasteiger partial charge in [0.1, 0.15) is 5.78 Å². The molecular formula is C77H120BrN4NaO6. The van der Waals surface area contributed by atoms with Crippen LogP contribution < -0.4 is 39.4 Å². The summed E-state index contributed by atoms with van der Waals surface area (Å²) in [4.78, 5) is 59.6. The number of carbonyl (C=O) groups excluding carboxylic acids is 3. The predicted octanol–water partition coefficient (Wildman–Crippen LogP) is 16.9. The van der Waals surface area contributed by atoms with Crippen molar-refractivity contribution in [2.75, 3.05) is 63.2 Å². The van der Waals surface area contributed by atoms with Crippen LogP contribution in [0, 0.1) is 0 Å². The zero-order chi connectivity index (χ0) is 63.2. The van der Waals surface area contributed by atoms with Gasteiger partial charge in [-0.25, -0.2) is 0 Å². The largest absolute Gasteiger partial charge is 1.00 e. The fraction of sp³-hybridized carbons (Fsp3) is 0.636. The second-order valence-corrected chi connectivity index (χ2v) is 26.2. The monoisotopic (exact) mass is 1300 g/mol. The van der Waals surface area contributed by atoms with E-state index in [-0.39, 0.29) is 64.3 Å². The summed E-state index contributed by atoms with van der Waals surface area (Å²) in [6.07, 6.45) is 36.3. The Morgan fingerprint density at radius 3 is 1.28 bits per heavy atom. The van der Waals surface area contributed by atoms with Crippen molar-refractivity contribution in [2.24, 2.45) is 0 Å². The van der Waals surface area contributed by atoms with Crippen LogP contribution in [-0.4, -0.2) is 109 Å². The summed E-state index contributed by atoms with van der Waals surface area (Å²) in [7, 11) is 4.25. The Hall–Kier alpha value is -3.68. The third kappa shape index (κ3) is 29.0. The first-order chi connectivity index (χ1) is 42.1. The predicted molar refractivity (Wildman–Crippen MR) is 376 cm³/mol. The minimum absolute atomic E-state index is 0. The Bertz CT molecular complexity index is 2500. The van der Waals surface area contributed by atoms with Crippen molar-refractivity contribution in [2.45, 2.75) is 263 Å². The molecule has 4 atom stereocenters. The zero-order valence-electron chi connectivity index (χ0n) is 57.6. The Morgan fingerprint density at radius 1 is 0.517 bits per heavy atom. The molecule has 0 spiro atoms. The number of piperidine rings is 2. The molecule has 4 unspecified atom stereocenters. The number of alkyl halides is 1. The maximum absolute atomic E-state index is 14.4. The van der Waals surface area contributed by atoms with E-state index in [1.165, 1.54) is 177 Å². The fourth-order valence-corrected chi connectivity index (χ4v) is 13.0. The maximum atomic E-state index is 14.4. The van der Waals surface area contributed by atoms with Crippen LogP contribution in [0.5, 0.6) is 0 Å². The Labute approximate surface area is 572 Å². The quantitative estimate of drug-likeness (QED) is 0.0199. The van der Waals surface area contributed by atoms with Crippen LogP contribution in [0.2, 0.25) is 0 Å². The first-order valence-electron chi connectivity index (χ1n) is 34.8. The number of Topliss-reactive ketones (excluding diaryl/α,β-unsaturated/α-hetero) is 3. The van der Waals surface area contributed by atoms with Crippen LogP contribution in [-0.2, 0) is 21.3 Å². The van der Waals surface area contributed by atoms with Crippen LogP contribution in [0.15, 0.2) is 97.1 Å². The summed E-state index contributed by atoms with van der Waals surface area (Å²) in [5, 5.41) is 10.3. The second kappa shape index (κ2) is 47.2. The van der Waals surface area contributed by atoms with Crippen LogP contribution in [0.4, 0.5) is 11.4 Å².